The number of hydrogen-bond donors (Lipinski definition) is 2. The zero-order chi connectivity index (χ0) is 17.8. The molecule has 0 aliphatic rings. The van der Waals surface area contributed by atoms with E-state index in [0.717, 1.165) is 16.6 Å². The highest BCUT2D eigenvalue weighted by Crippen LogP contribution is 2.18. The summed E-state index contributed by atoms with van der Waals surface area (Å²) in [7, 11) is 0. The summed E-state index contributed by atoms with van der Waals surface area (Å²) in [4.78, 5) is 28.0. The van der Waals surface area contributed by atoms with Crippen LogP contribution in [0.3, 0.4) is 0 Å². The first-order valence-electron chi connectivity index (χ1n) is 7.58. The first-order chi connectivity index (χ1) is 12.1. The predicted molar refractivity (Wildman–Crippen MR) is 94.9 cm³/mol. The van der Waals surface area contributed by atoms with Crippen molar-refractivity contribution in [2.24, 2.45) is 5.10 Å². The van der Waals surface area contributed by atoms with Crippen molar-refractivity contribution in [2.45, 2.75) is 6.92 Å². The molecule has 3 rings (SSSR count). The number of carboxylic acid groups (broad SMARTS) is 1. The molecular weight excluding hydrogens is 318 g/mol. The standard InChI is InChI=1S/C19H15N3O3/c1-12-10-16(15-8-4-5-9-17(15)21-12)18(23)22-20-11-13-6-2-3-7-14(13)19(24)25/h2-11H,1H3,(H,22,23)(H,24,25)/b20-11+. The van der Waals surface area contributed by atoms with Gasteiger partial charge in [-0.2, -0.15) is 5.10 Å². The maximum absolute atomic E-state index is 12.5. The molecule has 1 aromatic heterocycles. The van der Waals surface area contributed by atoms with Gasteiger partial charge in [0.25, 0.3) is 5.91 Å². The number of carbonyl (C=O) groups excluding carboxylic acids is 1. The van der Waals surface area contributed by atoms with Gasteiger partial charge in [-0.25, -0.2) is 10.2 Å². The topological polar surface area (TPSA) is 91.7 Å². The maximum Gasteiger partial charge on any atom is 0.336 e. The third-order valence-electron chi connectivity index (χ3n) is 3.65. The molecule has 0 spiro atoms. The number of aromatic nitrogens is 1. The molecule has 6 heteroatoms. The van der Waals surface area contributed by atoms with Gasteiger partial charge < -0.3 is 5.11 Å². The van der Waals surface area contributed by atoms with E-state index in [9.17, 15) is 9.59 Å². The Balaban J connectivity index is 1.86. The second-order valence-electron chi connectivity index (χ2n) is 5.42. The van der Waals surface area contributed by atoms with Gasteiger partial charge in [-0.1, -0.05) is 36.4 Å². The number of aromatic carboxylic acids is 1. The summed E-state index contributed by atoms with van der Waals surface area (Å²) in [5.74, 6) is -1.44. The van der Waals surface area contributed by atoms with Crippen LogP contribution in [0.1, 0.15) is 32.0 Å². The van der Waals surface area contributed by atoms with Gasteiger partial charge in [-0.15, -0.1) is 0 Å². The summed E-state index contributed by atoms with van der Waals surface area (Å²) in [6.45, 7) is 1.82. The highest BCUT2D eigenvalue weighted by Gasteiger charge is 2.11. The lowest BCUT2D eigenvalue weighted by Gasteiger charge is -2.06. The number of rotatable bonds is 4. The van der Waals surface area contributed by atoms with Crippen LogP contribution in [0.15, 0.2) is 59.7 Å². The van der Waals surface area contributed by atoms with Crippen molar-refractivity contribution in [1.29, 1.82) is 0 Å². The zero-order valence-corrected chi connectivity index (χ0v) is 13.4. The van der Waals surface area contributed by atoms with E-state index in [0.29, 0.717) is 11.1 Å². The number of pyridine rings is 1. The molecule has 0 atom stereocenters. The first kappa shape index (κ1) is 16.3. The molecule has 1 heterocycles. The number of fused-ring (bicyclic) bond motifs is 1. The number of hydrazone groups is 1. The molecule has 124 valence electrons. The van der Waals surface area contributed by atoms with Gasteiger partial charge in [-0.05, 0) is 25.1 Å². The van der Waals surface area contributed by atoms with Crippen molar-refractivity contribution >= 4 is 29.0 Å². The molecule has 0 unspecified atom stereocenters. The van der Waals surface area contributed by atoms with Gasteiger partial charge in [0.15, 0.2) is 0 Å². The van der Waals surface area contributed by atoms with Crippen LogP contribution in [0, 0.1) is 6.92 Å². The minimum absolute atomic E-state index is 0.116. The zero-order valence-electron chi connectivity index (χ0n) is 13.4. The normalized spacial score (nSPS) is 10.9. The fourth-order valence-corrected chi connectivity index (χ4v) is 2.52. The lowest BCUT2D eigenvalue weighted by Crippen LogP contribution is -2.18. The SMILES string of the molecule is Cc1cc(C(=O)N/N=C/c2ccccc2C(=O)O)c2ccccc2n1. The number of nitrogens with one attached hydrogen (secondary N) is 1. The summed E-state index contributed by atoms with van der Waals surface area (Å²) in [5.41, 5.74) is 4.89. The number of amides is 1. The highest BCUT2D eigenvalue weighted by molar-refractivity contribution is 6.06. The summed E-state index contributed by atoms with van der Waals surface area (Å²) >= 11 is 0. The van der Waals surface area contributed by atoms with Gasteiger partial charge in [0, 0.05) is 16.6 Å². The molecule has 3 aromatic rings. The summed E-state index contributed by atoms with van der Waals surface area (Å²) in [6.07, 6.45) is 1.32. The quantitative estimate of drug-likeness (QED) is 0.567. The molecule has 0 bridgehead atoms. The fraction of sp³-hybridized carbons (Fsp3) is 0.0526. The molecule has 6 nitrogen and oxygen atoms in total. The first-order valence-corrected chi connectivity index (χ1v) is 7.58. The number of carbonyl (C=O) groups is 2. The van der Waals surface area contributed by atoms with Crippen LogP contribution in [0.25, 0.3) is 10.9 Å². The van der Waals surface area contributed by atoms with Crippen molar-refractivity contribution < 1.29 is 14.7 Å². The molecule has 0 fully saturated rings. The monoisotopic (exact) mass is 333 g/mol. The summed E-state index contributed by atoms with van der Waals surface area (Å²) in [5, 5.41) is 13.8. The minimum atomic E-state index is -1.05. The van der Waals surface area contributed by atoms with E-state index in [1.165, 1.54) is 12.3 Å². The van der Waals surface area contributed by atoms with Crippen LogP contribution >= 0.6 is 0 Å². The summed E-state index contributed by atoms with van der Waals surface area (Å²) < 4.78 is 0. The van der Waals surface area contributed by atoms with Gasteiger partial charge in [-0.3, -0.25) is 9.78 Å². The largest absolute Gasteiger partial charge is 0.478 e. The smallest absolute Gasteiger partial charge is 0.336 e. The van der Waals surface area contributed by atoms with Crippen LogP contribution in [-0.2, 0) is 0 Å². The van der Waals surface area contributed by atoms with Crippen LogP contribution < -0.4 is 5.43 Å². The second-order valence-corrected chi connectivity index (χ2v) is 5.42. The maximum atomic E-state index is 12.5. The third-order valence-corrected chi connectivity index (χ3v) is 3.65. The summed E-state index contributed by atoms with van der Waals surface area (Å²) in [6, 6.07) is 15.5. The molecule has 1 amide bonds. The molecule has 2 N–H and O–H groups in total. The van der Waals surface area contributed by atoms with Crippen LogP contribution in [0.5, 0.6) is 0 Å². The van der Waals surface area contributed by atoms with Crippen molar-refractivity contribution in [2.75, 3.05) is 0 Å². The molecule has 2 aromatic carbocycles. The van der Waals surface area contributed by atoms with Crippen molar-refractivity contribution in [3.63, 3.8) is 0 Å². The number of benzene rings is 2. The van der Waals surface area contributed by atoms with E-state index in [1.807, 2.05) is 31.2 Å². The van der Waals surface area contributed by atoms with E-state index >= 15 is 0 Å². The Hall–Kier alpha value is -3.54. The van der Waals surface area contributed by atoms with E-state index in [-0.39, 0.29) is 11.5 Å². The Morgan fingerprint density at radius 3 is 2.60 bits per heavy atom. The predicted octanol–water partition coefficient (Wildman–Crippen LogP) is 3.01. The van der Waals surface area contributed by atoms with Crippen molar-refractivity contribution in [3.8, 4) is 0 Å². The van der Waals surface area contributed by atoms with Crippen LogP contribution in [0.2, 0.25) is 0 Å². The number of aryl methyl sites for hydroxylation is 1. The Morgan fingerprint density at radius 2 is 1.80 bits per heavy atom. The average molecular weight is 333 g/mol. The van der Waals surface area contributed by atoms with E-state index < -0.39 is 5.97 Å². The van der Waals surface area contributed by atoms with Gasteiger partial charge in [0.2, 0.25) is 0 Å². The molecular formula is C19H15N3O3. The lowest BCUT2D eigenvalue weighted by molar-refractivity contribution is 0.0696. The van der Waals surface area contributed by atoms with Crippen molar-refractivity contribution in [1.82, 2.24) is 10.4 Å². The number of carboxylic acids is 1. The molecule has 25 heavy (non-hydrogen) atoms. The minimum Gasteiger partial charge on any atom is -0.478 e. The lowest BCUT2D eigenvalue weighted by atomic mass is 10.1. The third kappa shape index (κ3) is 3.53. The Kier molecular flexibility index (Phi) is 4.52. The van der Waals surface area contributed by atoms with E-state index in [2.05, 4.69) is 15.5 Å². The van der Waals surface area contributed by atoms with Gasteiger partial charge in [0.1, 0.15) is 0 Å². The molecule has 0 saturated carbocycles. The Labute approximate surface area is 143 Å². The van der Waals surface area contributed by atoms with Crippen LogP contribution in [-0.4, -0.2) is 28.2 Å². The van der Waals surface area contributed by atoms with Crippen molar-refractivity contribution in [3.05, 3.63) is 77.0 Å². The van der Waals surface area contributed by atoms with Gasteiger partial charge in [0.05, 0.1) is 22.9 Å². The van der Waals surface area contributed by atoms with Gasteiger partial charge >= 0.3 is 5.97 Å². The molecule has 0 saturated heterocycles. The highest BCUT2D eigenvalue weighted by atomic mass is 16.4. The van der Waals surface area contributed by atoms with E-state index in [4.69, 9.17) is 5.11 Å². The average Bonchev–Trinajstić information content (AvgIpc) is 2.61. The Bertz CT molecular complexity index is 996. The number of hydrogen-bond acceptors (Lipinski definition) is 4. The fourth-order valence-electron chi connectivity index (χ4n) is 2.52. The number of para-hydroxylation sites is 1. The molecule has 0 aliphatic heterocycles. The Morgan fingerprint density at radius 1 is 1.08 bits per heavy atom. The van der Waals surface area contributed by atoms with Crippen LogP contribution in [0.4, 0.5) is 0 Å². The molecule has 0 radical (unpaired) electrons. The molecule has 0 aliphatic carbocycles. The number of nitrogens with zero attached hydrogens (tertiary/aromatic N) is 2. The second kappa shape index (κ2) is 6.92. The van der Waals surface area contributed by atoms with E-state index in [1.54, 1.807) is 24.3 Å².